The Morgan fingerprint density at radius 1 is 1.11 bits per heavy atom. The van der Waals surface area contributed by atoms with Crippen molar-refractivity contribution in [3.8, 4) is 0 Å². The van der Waals surface area contributed by atoms with E-state index in [1.165, 1.54) is 31.3 Å². The summed E-state index contributed by atoms with van der Waals surface area (Å²) in [4.78, 5) is 33.6. The van der Waals surface area contributed by atoms with Gasteiger partial charge in [0.1, 0.15) is 5.82 Å². The van der Waals surface area contributed by atoms with Crippen molar-refractivity contribution in [2.24, 2.45) is 11.8 Å². The van der Waals surface area contributed by atoms with Gasteiger partial charge in [0.25, 0.3) is 0 Å². The number of piperazine rings is 1. The molecule has 2 unspecified atom stereocenters. The molecule has 1 aromatic heterocycles. The quantitative estimate of drug-likeness (QED) is 0.767. The average Bonchev–Trinajstić information content (AvgIpc) is 3.56. The summed E-state index contributed by atoms with van der Waals surface area (Å²) in [7, 11) is 0. The Morgan fingerprint density at radius 3 is 2.68 bits per heavy atom. The van der Waals surface area contributed by atoms with Gasteiger partial charge in [0, 0.05) is 38.9 Å². The fourth-order valence-corrected chi connectivity index (χ4v) is 4.30. The number of nitrogens with zero attached hydrogens (tertiary/aromatic N) is 3. The molecule has 28 heavy (non-hydrogen) atoms. The highest BCUT2D eigenvalue weighted by Gasteiger charge is 2.49. The molecular weight excluding hydrogens is 352 g/mol. The summed E-state index contributed by atoms with van der Waals surface area (Å²) in [5.74, 6) is 0.931. The Labute approximate surface area is 167 Å². The molecule has 3 aliphatic rings. The van der Waals surface area contributed by atoms with Gasteiger partial charge in [0.15, 0.2) is 0 Å². The summed E-state index contributed by atoms with van der Waals surface area (Å²) in [5.41, 5.74) is 1.47. The number of anilines is 1. The van der Waals surface area contributed by atoms with Gasteiger partial charge in [-0.2, -0.15) is 0 Å². The first-order valence-electron chi connectivity index (χ1n) is 10.6. The lowest BCUT2D eigenvalue weighted by Gasteiger charge is -2.35. The molecule has 2 heterocycles. The van der Waals surface area contributed by atoms with E-state index in [4.69, 9.17) is 0 Å². The van der Waals surface area contributed by atoms with Gasteiger partial charge >= 0.3 is 0 Å². The predicted octanol–water partition coefficient (Wildman–Crippen LogP) is 2.37. The van der Waals surface area contributed by atoms with Crippen LogP contribution in [0.25, 0.3) is 0 Å². The van der Waals surface area contributed by atoms with Crippen LogP contribution in [-0.4, -0.2) is 54.4 Å². The predicted molar refractivity (Wildman–Crippen MR) is 109 cm³/mol. The Bertz CT molecular complexity index is 725. The third-order valence-corrected chi connectivity index (χ3v) is 6.14. The Morgan fingerprint density at radius 2 is 1.96 bits per heavy atom. The van der Waals surface area contributed by atoms with Crippen molar-refractivity contribution in [2.45, 2.75) is 38.5 Å². The Kier molecular flexibility index (Phi) is 5.93. The van der Waals surface area contributed by atoms with Gasteiger partial charge in [0.2, 0.25) is 11.8 Å². The van der Waals surface area contributed by atoms with Crippen LogP contribution in [0.15, 0.2) is 36.0 Å². The zero-order valence-corrected chi connectivity index (χ0v) is 16.5. The van der Waals surface area contributed by atoms with Crippen LogP contribution >= 0.6 is 0 Å². The number of carbonyl (C=O) groups excluding carboxylic acids is 2. The van der Waals surface area contributed by atoms with Crippen molar-refractivity contribution in [3.05, 3.63) is 36.0 Å². The standard InChI is InChI=1S/C22H30N4O2/c27-21(24-11-9-17-6-2-1-3-7-17)18-16-19(18)22(28)26-14-12-25(13-15-26)20-8-4-5-10-23-20/h4-6,8,10,18-19H,1-3,7,9,11-16H2,(H,24,27). The minimum absolute atomic E-state index is 0.0573. The highest BCUT2D eigenvalue weighted by molar-refractivity contribution is 5.92. The second-order valence-electron chi connectivity index (χ2n) is 8.10. The van der Waals surface area contributed by atoms with Gasteiger partial charge in [-0.1, -0.05) is 17.7 Å². The van der Waals surface area contributed by atoms with E-state index in [9.17, 15) is 9.59 Å². The lowest BCUT2D eigenvalue weighted by atomic mass is 9.97. The maximum Gasteiger partial charge on any atom is 0.226 e. The van der Waals surface area contributed by atoms with E-state index in [0.29, 0.717) is 26.1 Å². The molecule has 0 bridgehead atoms. The molecule has 6 heteroatoms. The first-order chi connectivity index (χ1) is 13.7. The summed E-state index contributed by atoms with van der Waals surface area (Å²) in [6, 6.07) is 5.90. The van der Waals surface area contributed by atoms with Gasteiger partial charge in [-0.25, -0.2) is 4.98 Å². The highest BCUT2D eigenvalue weighted by atomic mass is 16.2. The Hall–Kier alpha value is -2.37. The van der Waals surface area contributed by atoms with Crippen molar-refractivity contribution in [3.63, 3.8) is 0 Å². The number of carbonyl (C=O) groups is 2. The van der Waals surface area contributed by atoms with Crippen LogP contribution in [0.3, 0.4) is 0 Å². The molecule has 2 fully saturated rings. The number of amides is 2. The molecule has 2 aliphatic carbocycles. The third-order valence-electron chi connectivity index (χ3n) is 6.14. The van der Waals surface area contributed by atoms with Crippen molar-refractivity contribution >= 4 is 17.6 Å². The van der Waals surface area contributed by atoms with E-state index in [0.717, 1.165) is 25.3 Å². The maximum atomic E-state index is 12.7. The minimum atomic E-state index is -0.123. The molecule has 1 N–H and O–H groups in total. The van der Waals surface area contributed by atoms with Crippen LogP contribution in [0.2, 0.25) is 0 Å². The lowest BCUT2D eigenvalue weighted by molar-refractivity contribution is -0.135. The first kappa shape index (κ1) is 19.0. The molecule has 1 aliphatic heterocycles. The van der Waals surface area contributed by atoms with Gasteiger partial charge in [0.05, 0.1) is 11.8 Å². The summed E-state index contributed by atoms with van der Waals surface area (Å²) < 4.78 is 0. The second-order valence-corrected chi connectivity index (χ2v) is 8.10. The van der Waals surface area contributed by atoms with Crippen LogP contribution in [0.1, 0.15) is 38.5 Å². The molecule has 1 saturated carbocycles. The number of pyridine rings is 1. The number of aromatic nitrogens is 1. The zero-order valence-electron chi connectivity index (χ0n) is 16.5. The fraction of sp³-hybridized carbons (Fsp3) is 0.591. The normalized spacial score (nSPS) is 24.5. The van der Waals surface area contributed by atoms with Crippen LogP contribution in [0.5, 0.6) is 0 Å². The third kappa shape index (κ3) is 4.54. The van der Waals surface area contributed by atoms with Crippen molar-refractivity contribution in [1.29, 1.82) is 0 Å². The number of rotatable bonds is 6. The van der Waals surface area contributed by atoms with Crippen molar-refractivity contribution in [2.75, 3.05) is 37.6 Å². The van der Waals surface area contributed by atoms with Crippen molar-refractivity contribution in [1.82, 2.24) is 15.2 Å². The minimum Gasteiger partial charge on any atom is -0.356 e. The summed E-state index contributed by atoms with van der Waals surface area (Å²) in [6.45, 7) is 3.69. The highest BCUT2D eigenvalue weighted by Crippen LogP contribution is 2.40. The molecule has 1 saturated heterocycles. The first-order valence-corrected chi connectivity index (χ1v) is 10.6. The number of hydrogen-bond donors (Lipinski definition) is 1. The molecule has 150 valence electrons. The van der Waals surface area contributed by atoms with E-state index in [2.05, 4.69) is 21.3 Å². The molecule has 0 spiro atoms. The largest absolute Gasteiger partial charge is 0.356 e. The van der Waals surface area contributed by atoms with Gasteiger partial charge in [-0.3, -0.25) is 9.59 Å². The van der Waals surface area contributed by atoms with Gasteiger partial charge < -0.3 is 15.1 Å². The lowest BCUT2D eigenvalue weighted by Crippen LogP contribution is -2.49. The molecule has 1 aromatic rings. The summed E-state index contributed by atoms with van der Waals surface area (Å²) >= 11 is 0. The molecule has 0 aromatic carbocycles. The smallest absolute Gasteiger partial charge is 0.226 e. The van der Waals surface area contributed by atoms with Crippen LogP contribution < -0.4 is 10.2 Å². The van der Waals surface area contributed by atoms with E-state index < -0.39 is 0 Å². The van der Waals surface area contributed by atoms with E-state index >= 15 is 0 Å². The van der Waals surface area contributed by atoms with E-state index in [1.54, 1.807) is 6.20 Å². The van der Waals surface area contributed by atoms with Crippen LogP contribution in [-0.2, 0) is 9.59 Å². The molecule has 2 atom stereocenters. The van der Waals surface area contributed by atoms with Crippen LogP contribution in [0.4, 0.5) is 5.82 Å². The molecular formula is C22H30N4O2. The Balaban J connectivity index is 1.18. The molecule has 2 amide bonds. The monoisotopic (exact) mass is 382 g/mol. The number of nitrogens with one attached hydrogen (secondary N) is 1. The second kappa shape index (κ2) is 8.76. The maximum absolute atomic E-state index is 12.7. The van der Waals surface area contributed by atoms with Crippen molar-refractivity contribution < 1.29 is 9.59 Å². The summed E-state index contributed by atoms with van der Waals surface area (Å²) in [5, 5.41) is 3.04. The topological polar surface area (TPSA) is 65.5 Å². The average molecular weight is 383 g/mol. The van der Waals surface area contributed by atoms with E-state index in [1.807, 2.05) is 23.1 Å². The number of hydrogen-bond acceptors (Lipinski definition) is 4. The number of allylic oxidation sites excluding steroid dienone is 1. The van der Waals surface area contributed by atoms with Gasteiger partial charge in [-0.05, 0) is 50.7 Å². The zero-order chi connectivity index (χ0) is 19.3. The molecule has 4 rings (SSSR count). The van der Waals surface area contributed by atoms with E-state index in [-0.39, 0.29) is 23.7 Å². The fourth-order valence-electron chi connectivity index (χ4n) is 4.30. The van der Waals surface area contributed by atoms with Gasteiger partial charge in [-0.15, -0.1) is 0 Å². The SMILES string of the molecule is O=C(NCCC1=CCCCC1)C1CC1C(=O)N1CCN(c2ccccn2)CC1. The van der Waals surface area contributed by atoms with Crippen LogP contribution in [0, 0.1) is 11.8 Å². The molecule has 6 nitrogen and oxygen atoms in total. The summed E-state index contributed by atoms with van der Waals surface area (Å²) in [6.07, 6.45) is 10.7. The molecule has 0 radical (unpaired) electrons.